The molecule has 8 nitrogen and oxygen atoms in total. The van der Waals surface area contributed by atoms with Crippen molar-refractivity contribution in [3.63, 3.8) is 0 Å². The molecule has 2 amide bonds. The quantitative estimate of drug-likeness (QED) is 0.469. The predicted octanol–water partition coefficient (Wildman–Crippen LogP) is 2.61. The molecule has 0 aliphatic rings. The SMILES string of the molecule is Cc1cc(C(N)=O)n(S(=O)(=O)c2ccccc2)c1C(=O)NCc1ccc2ncccc2c1. The molecule has 0 spiro atoms. The van der Waals surface area contributed by atoms with Crippen molar-refractivity contribution in [2.24, 2.45) is 5.73 Å². The third kappa shape index (κ3) is 3.85. The molecule has 162 valence electrons. The van der Waals surface area contributed by atoms with Crippen LogP contribution in [0.1, 0.15) is 32.1 Å². The number of aromatic nitrogens is 2. The highest BCUT2D eigenvalue weighted by atomic mass is 32.2. The maximum atomic E-state index is 13.3. The molecular formula is C23H20N4O4S. The zero-order chi connectivity index (χ0) is 22.9. The summed E-state index contributed by atoms with van der Waals surface area (Å²) in [6.45, 7) is 1.71. The van der Waals surface area contributed by atoms with Crippen LogP contribution in [0, 0.1) is 6.92 Å². The summed E-state index contributed by atoms with van der Waals surface area (Å²) in [6.07, 6.45) is 1.70. The first-order chi connectivity index (χ1) is 15.3. The Morgan fingerprint density at radius 3 is 2.50 bits per heavy atom. The number of carbonyl (C=O) groups excluding carboxylic acids is 2. The number of pyridine rings is 1. The second kappa shape index (κ2) is 8.27. The lowest BCUT2D eigenvalue weighted by Gasteiger charge is -2.14. The van der Waals surface area contributed by atoms with E-state index in [1.807, 2.05) is 30.3 Å². The zero-order valence-electron chi connectivity index (χ0n) is 17.1. The Balaban J connectivity index is 1.71. The minimum absolute atomic E-state index is 0.0609. The van der Waals surface area contributed by atoms with Crippen molar-refractivity contribution in [3.05, 3.63) is 95.4 Å². The van der Waals surface area contributed by atoms with Gasteiger partial charge in [0.25, 0.3) is 21.8 Å². The van der Waals surface area contributed by atoms with Crippen LogP contribution < -0.4 is 11.1 Å². The van der Waals surface area contributed by atoms with E-state index in [0.29, 0.717) is 5.56 Å². The van der Waals surface area contributed by atoms with Gasteiger partial charge in [-0.15, -0.1) is 0 Å². The van der Waals surface area contributed by atoms with E-state index in [1.54, 1.807) is 31.3 Å². The summed E-state index contributed by atoms with van der Waals surface area (Å²) in [4.78, 5) is 29.3. The molecule has 3 N–H and O–H groups in total. The number of hydrogen-bond donors (Lipinski definition) is 2. The molecule has 4 rings (SSSR count). The minimum atomic E-state index is -4.23. The summed E-state index contributed by atoms with van der Waals surface area (Å²) >= 11 is 0. The van der Waals surface area contributed by atoms with E-state index in [2.05, 4.69) is 10.3 Å². The molecule has 0 radical (unpaired) electrons. The van der Waals surface area contributed by atoms with Crippen molar-refractivity contribution >= 4 is 32.7 Å². The van der Waals surface area contributed by atoms with Gasteiger partial charge in [-0.05, 0) is 54.4 Å². The van der Waals surface area contributed by atoms with Gasteiger partial charge in [-0.1, -0.05) is 30.3 Å². The second-order valence-corrected chi connectivity index (χ2v) is 9.01. The molecule has 0 saturated carbocycles. The van der Waals surface area contributed by atoms with Crippen LogP contribution in [-0.4, -0.2) is 29.2 Å². The number of rotatable bonds is 6. The fourth-order valence-corrected chi connectivity index (χ4v) is 5.08. The zero-order valence-corrected chi connectivity index (χ0v) is 18.0. The summed E-state index contributed by atoms with van der Waals surface area (Å²) in [6, 6.07) is 18.2. The number of amides is 2. The Labute approximate surface area is 184 Å². The van der Waals surface area contributed by atoms with Crippen molar-refractivity contribution in [2.45, 2.75) is 18.4 Å². The summed E-state index contributed by atoms with van der Waals surface area (Å²) in [5.41, 5.74) is 6.94. The van der Waals surface area contributed by atoms with Gasteiger partial charge in [0.2, 0.25) is 0 Å². The molecule has 0 unspecified atom stereocenters. The number of primary amides is 1. The van der Waals surface area contributed by atoms with Crippen LogP contribution in [0.15, 0.2) is 77.8 Å². The molecule has 4 aromatic rings. The largest absolute Gasteiger partial charge is 0.364 e. The molecule has 0 aliphatic heterocycles. The van der Waals surface area contributed by atoms with Gasteiger partial charge in [-0.25, -0.2) is 12.4 Å². The van der Waals surface area contributed by atoms with Gasteiger partial charge in [0.15, 0.2) is 0 Å². The molecular weight excluding hydrogens is 428 g/mol. The monoisotopic (exact) mass is 448 g/mol. The van der Waals surface area contributed by atoms with E-state index in [4.69, 9.17) is 5.73 Å². The molecule has 9 heteroatoms. The fourth-order valence-electron chi connectivity index (χ4n) is 3.50. The first-order valence-electron chi connectivity index (χ1n) is 9.73. The Hall–Kier alpha value is -3.98. The molecule has 2 heterocycles. The average molecular weight is 449 g/mol. The smallest absolute Gasteiger partial charge is 0.269 e. The Kier molecular flexibility index (Phi) is 5.50. The van der Waals surface area contributed by atoms with Crippen molar-refractivity contribution < 1.29 is 18.0 Å². The van der Waals surface area contributed by atoms with Crippen molar-refractivity contribution in [1.29, 1.82) is 0 Å². The molecule has 0 atom stereocenters. The summed E-state index contributed by atoms with van der Waals surface area (Å²) in [5, 5.41) is 3.66. The van der Waals surface area contributed by atoms with Crippen LogP contribution in [0.2, 0.25) is 0 Å². The highest BCUT2D eigenvalue weighted by Gasteiger charge is 2.30. The average Bonchev–Trinajstić information content (AvgIpc) is 3.16. The maximum absolute atomic E-state index is 13.3. The standard InChI is InChI=1S/C23H20N4O4S/c1-15-12-20(22(24)28)27(32(30,31)18-7-3-2-4-8-18)21(15)23(29)26-14-16-9-10-19-17(13-16)6-5-11-25-19/h2-13H,14H2,1H3,(H2,24,28)(H,26,29). The first kappa shape index (κ1) is 21.3. The van der Waals surface area contributed by atoms with Crippen LogP contribution in [0.3, 0.4) is 0 Å². The number of hydrogen-bond acceptors (Lipinski definition) is 5. The highest BCUT2D eigenvalue weighted by molar-refractivity contribution is 7.90. The number of fused-ring (bicyclic) bond motifs is 1. The third-order valence-corrected chi connectivity index (χ3v) is 6.75. The second-order valence-electron chi connectivity index (χ2n) is 7.22. The van der Waals surface area contributed by atoms with Crippen LogP contribution in [0.25, 0.3) is 10.9 Å². The molecule has 32 heavy (non-hydrogen) atoms. The van der Waals surface area contributed by atoms with E-state index < -0.39 is 21.8 Å². The number of nitrogens with one attached hydrogen (secondary N) is 1. The van der Waals surface area contributed by atoms with E-state index in [-0.39, 0.29) is 22.8 Å². The van der Waals surface area contributed by atoms with Crippen LogP contribution in [0.4, 0.5) is 0 Å². The Morgan fingerprint density at radius 1 is 1.03 bits per heavy atom. The third-order valence-electron chi connectivity index (χ3n) is 5.02. The number of carbonyl (C=O) groups is 2. The Bertz CT molecular complexity index is 1440. The molecule has 2 aromatic heterocycles. The minimum Gasteiger partial charge on any atom is -0.364 e. The summed E-state index contributed by atoms with van der Waals surface area (Å²) in [7, 11) is -4.23. The summed E-state index contributed by atoms with van der Waals surface area (Å²) < 4.78 is 27.3. The number of benzene rings is 2. The lowest BCUT2D eigenvalue weighted by Crippen LogP contribution is -2.31. The highest BCUT2D eigenvalue weighted by Crippen LogP contribution is 2.23. The molecule has 0 aliphatic carbocycles. The van der Waals surface area contributed by atoms with E-state index in [9.17, 15) is 18.0 Å². The van der Waals surface area contributed by atoms with Gasteiger partial charge in [-0.2, -0.15) is 0 Å². The molecule has 0 fully saturated rings. The summed E-state index contributed by atoms with van der Waals surface area (Å²) in [5.74, 6) is -1.59. The molecule has 0 saturated heterocycles. The number of aryl methyl sites for hydroxylation is 1. The van der Waals surface area contributed by atoms with Crippen LogP contribution in [0.5, 0.6) is 0 Å². The lowest BCUT2D eigenvalue weighted by atomic mass is 10.1. The number of nitrogens with two attached hydrogens (primary N) is 1. The van der Waals surface area contributed by atoms with Crippen molar-refractivity contribution in [1.82, 2.24) is 14.3 Å². The topological polar surface area (TPSA) is 124 Å². The number of nitrogens with zero attached hydrogens (tertiary/aromatic N) is 2. The Morgan fingerprint density at radius 2 is 1.78 bits per heavy atom. The van der Waals surface area contributed by atoms with Crippen molar-refractivity contribution in [2.75, 3.05) is 0 Å². The van der Waals surface area contributed by atoms with E-state index >= 15 is 0 Å². The van der Waals surface area contributed by atoms with Gasteiger partial charge in [-0.3, -0.25) is 14.6 Å². The van der Waals surface area contributed by atoms with Gasteiger partial charge in [0, 0.05) is 18.1 Å². The normalized spacial score (nSPS) is 11.4. The van der Waals surface area contributed by atoms with E-state index in [1.165, 1.54) is 18.2 Å². The molecule has 2 aromatic carbocycles. The van der Waals surface area contributed by atoms with Crippen LogP contribution >= 0.6 is 0 Å². The van der Waals surface area contributed by atoms with Gasteiger partial charge in [0.1, 0.15) is 11.4 Å². The maximum Gasteiger partial charge on any atom is 0.269 e. The van der Waals surface area contributed by atoms with Gasteiger partial charge < -0.3 is 11.1 Å². The van der Waals surface area contributed by atoms with E-state index in [0.717, 1.165) is 20.4 Å². The van der Waals surface area contributed by atoms with Crippen molar-refractivity contribution in [3.8, 4) is 0 Å². The predicted molar refractivity (Wildman–Crippen MR) is 120 cm³/mol. The first-order valence-corrected chi connectivity index (χ1v) is 11.2. The van der Waals surface area contributed by atoms with Gasteiger partial charge >= 0.3 is 0 Å². The van der Waals surface area contributed by atoms with Gasteiger partial charge in [0.05, 0.1) is 10.4 Å². The lowest BCUT2D eigenvalue weighted by molar-refractivity contribution is 0.0944. The fraction of sp³-hybridized carbons (Fsp3) is 0.0870. The van der Waals surface area contributed by atoms with Crippen LogP contribution in [-0.2, 0) is 16.6 Å². The molecule has 0 bridgehead atoms.